The molecule has 0 atom stereocenters. The third-order valence-corrected chi connectivity index (χ3v) is 3.03. The van der Waals surface area contributed by atoms with E-state index in [9.17, 15) is 0 Å². The average Bonchev–Trinajstić information content (AvgIpc) is 2.64. The summed E-state index contributed by atoms with van der Waals surface area (Å²) in [7, 11) is 0. The number of fused-ring (bicyclic) bond motifs is 1. The predicted octanol–water partition coefficient (Wildman–Crippen LogP) is 2.23. The number of hydrogen-bond acceptors (Lipinski definition) is 4. The van der Waals surface area contributed by atoms with E-state index >= 15 is 0 Å². The van der Waals surface area contributed by atoms with Gasteiger partial charge in [0.05, 0.1) is 0 Å². The lowest BCUT2D eigenvalue weighted by atomic mass is 10.0. The van der Waals surface area contributed by atoms with Gasteiger partial charge in [-0.25, -0.2) is 4.98 Å². The maximum absolute atomic E-state index is 5.66. The molecule has 3 N–H and O–H groups in total. The van der Waals surface area contributed by atoms with Gasteiger partial charge < -0.3 is 15.8 Å². The Labute approximate surface area is 118 Å². The molecule has 5 heteroatoms. The Hall–Kier alpha value is -1.78. The monoisotopic (exact) mass is 277 g/mol. The molecule has 0 saturated heterocycles. The van der Waals surface area contributed by atoms with E-state index in [1.807, 2.05) is 18.2 Å². The van der Waals surface area contributed by atoms with Crippen molar-refractivity contribution in [3.8, 4) is 16.9 Å². The smallest absolute Gasteiger partial charge is 0.123 e. The summed E-state index contributed by atoms with van der Waals surface area (Å²) in [6.07, 6.45) is 1.79. The summed E-state index contributed by atoms with van der Waals surface area (Å²) in [6, 6.07) is 10.0. The van der Waals surface area contributed by atoms with Crippen molar-refractivity contribution in [1.82, 2.24) is 10.3 Å². The molecule has 0 unspecified atom stereocenters. The minimum absolute atomic E-state index is 0. The van der Waals surface area contributed by atoms with E-state index in [2.05, 4.69) is 22.4 Å². The first-order valence-corrected chi connectivity index (χ1v) is 6.01. The standard InChI is InChI=1S/C14H15N3O.ClH/c15-14-4-2-11(9-17-14)10-1-3-13-12(7-10)8-16-5-6-18-13;/h1-4,7,9,16H,5-6,8H2,(H2,15,17);1H. The molecule has 19 heavy (non-hydrogen) atoms. The molecule has 1 aliphatic heterocycles. The van der Waals surface area contributed by atoms with Gasteiger partial charge in [0, 0.05) is 30.4 Å². The summed E-state index contributed by atoms with van der Waals surface area (Å²) in [5.41, 5.74) is 8.98. The van der Waals surface area contributed by atoms with E-state index in [0.717, 1.165) is 36.6 Å². The molecule has 0 saturated carbocycles. The quantitative estimate of drug-likeness (QED) is 0.839. The number of anilines is 1. The van der Waals surface area contributed by atoms with E-state index in [0.29, 0.717) is 5.82 Å². The Morgan fingerprint density at radius 2 is 2.00 bits per heavy atom. The molecule has 0 spiro atoms. The van der Waals surface area contributed by atoms with Gasteiger partial charge >= 0.3 is 0 Å². The minimum atomic E-state index is 0. The van der Waals surface area contributed by atoms with E-state index in [-0.39, 0.29) is 12.4 Å². The molecule has 1 aliphatic rings. The zero-order valence-corrected chi connectivity index (χ0v) is 11.2. The fraction of sp³-hybridized carbons (Fsp3) is 0.214. The van der Waals surface area contributed by atoms with Gasteiger partial charge in [0.1, 0.15) is 18.2 Å². The summed E-state index contributed by atoms with van der Waals surface area (Å²) < 4.78 is 5.66. The third-order valence-electron chi connectivity index (χ3n) is 3.03. The summed E-state index contributed by atoms with van der Waals surface area (Å²) >= 11 is 0. The summed E-state index contributed by atoms with van der Waals surface area (Å²) in [5, 5.41) is 3.33. The SMILES string of the molecule is Cl.Nc1ccc(-c2ccc3c(c2)CNCCO3)cn1. The number of hydrogen-bond donors (Lipinski definition) is 2. The predicted molar refractivity (Wildman–Crippen MR) is 78.5 cm³/mol. The van der Waals surface area contributed by atoms with Gasteiger partial charge in [-0.3, -0.25) is 0 Å². The van der Waals surface area contributed by atoms with Gasteiger partial charge in [0.2, 0.25) is 0 Å². The second-order valence-electron chi connectivity index (χ2n) is 4.32. The van der Waals surface area contributed by atoms with Crippen molar-refractivity contribution in [3.05, 3.63) is 42.1 Å². The number of nitrogen functional groups attached to an aromatic ring is 1. The van der Waals surface area contributed by atoms with E-state index in [1.54, 1.807) is 6.20 Å². The second-order valence-corrected chi connectivity index (χ2v) is 4.32. The first kappa shape index (κ1) is 13.6. The van der Waals surface area contributed by atoms with E-state index in [1.165, 1.54) is 5.56 Å². The van der Waals surface area contributed by atoms with Crippen molar-refractivity contribution in [2.45, 2.75) is 6.54 Å². The highest BCUT2D eigenvalue weighted by Gasteiger charge is 2.09. The summed E-state index contributed by atoms with van der Waals surface area (Å²) in [4.78, 5) is 4.12. The number of halogens is 1. The minimum Gasteiger partial charge on any atom is -0.492 e. The molecule has 0 amide bonds. The van der Waals surface area contributed by atoms with Crippen molar-refractivity contribution >= 4 is 18.2 Å². The molecule has 0 fully saturated rings. The van der Waals surface area contributed by atoms with Gasteiger partial charge in [-0.05, 0) is 29.8 Å². The maximum Gasteiger partial charge on any atom is 0.123 e. The van der Waals surface area contributed by atoms with Gasteiger partial charge in [0.25, 0.3) is 0 Å². The lowest BCUT2D eigenvalue weighted by Gasteiger charge is -2.09. The van der Waals surface area contributed by atoms with Crippen molar-refractivity contribution in [2.24, 2.45) is 0 Å². The van der Waals surface area contributed by atoms with Gasteiger partial charge in [-0.2, -0.15) is 0 Å². The Morgan fingerprint density at radius 3 is 2.79 bits per heavy atom. The highest BCUT2D eigenvalue weighted by atomic mass is 35.5. The highest BCUT2D eigenvalue weighted by molar-refractivity contribution is 5.85. The van der Waals surface area contributed by atoms with Crippen LogP contribution in [0.4, 0.5) is 5.82 Å². The van der Waals surface area contributed by atoms with Crippen LogP contribution in [0.5, 0.6) is 5.75 Å². The molecule has 2 aromatic rings. The lowest BCUT2D eigenvalue weighted by molar-refractivity contribution is 0.326. The Balaban J connectivity index is 0.00000133. The van der Waals surface area contributed by atoms with Gasteiger partial charge in [-0.15, -0.1) is 12.4 Å². The molecule has 2 heterocycles. The van der Waals surface area contributed by atoms with Crippen LogP contribution in [-0.4, -0.2) is 18.1 Å². The van der Waals surface area contributed by atoms with Crippen molar-refractivity contribution in [3.63, 3.8) is 0 Å². The van der Waals surface area contributed by atoms with Crippen molar-refractivity contribution in [2.75, 3.05) is 18.9 Å². The van der Waals surface area contributed by atoms with Gasteiger partial charge in [0.15, 0.2) is 0 Å². The van der Waals surface area contributed by atoms with Crippen LogP contribution in [0.15, 0.2) is 36.5 Å². The molecular weight excluding hydrogens is 262 g/mol. The zero-order chi connectivity index (χ0) is 12.4. The fourth-order valence-electron chi connectivity index (χ4n) is 2.07. The summed E-state index contributed by atoms with van der Waals surface area (Å²) in [5.74, 6) is 1.51. The van der Waals surface area contributed by atoms with Crippen LogP contribution < -0.4 is 15.8 Å². The molecule has 100 valence electrons. The first-order valence-electron chi connectivity index (χ1n) is 6.01. The summed E-state index contributed by atoms with van der Waals surface area (Å²) in [6.45, 7) is 2.44. The Morgan fingerprint density at radius 1 is 1.16 bits per heavy atom. The average molecular weight is 278 g/mol. The number of nitrogens with two attached hydrogens (primary N) is 1. The number of pyridine rings is 1. The molecular formula is C14H16ClN3O. The first-order chi connectivity index (χ1) is 8.83. The molecule has 1 aromatic heterocycles. The zero-order valence-electron chi connectivity index (χ0n) is 10.4. The molecule has 0 bridgehead atoms. The number of rotatable bonds is 1. The molecule has 0 radical (unpaired) electrons. The molecule has 4 nitrogen and oxygen atoms in total. The number of nitrogens with zero attached hydrogens (tertiary/aromatic N) is 1. The van der Waals surface area contributed by atoms with Crippen LogP contribution in [0.2, 0.25) is 0 Å². The van der Waals surface area contributed by atoms with Crippen LogP contribution in [-0.2, 0) is 6.54 Å². The van der Waals surface area contributed by atoms with E-state index in [4.69, 9.17) is 10.5 Å². The van der Waals surface area contributed by atoms with Crippen molar-refractivity contribution in [1.29, 1.82) is 0 Å². The Kier molecular flexibility index (Phi) is 4.24. The number of benzene rings is 1. The molecule has 1 aromatic carbocycles. The third kappa shape index (κ3) is 2.97. The fourth-order valence-corrected chi connectivity index (χ4v) is 2.07. The second kappa shape index (κ2) is 5.91. The van der Waals surface area contributed by atoms with Crippen LogP contribution in [0.25, 0.3) is 11.1 Å². The normalized spacial score (nSPS) is 13.7. The maximum atomic E-state index is 5.66. The Bertz CT molecular complexity index is 557. The van der Waals surface area contributed by atoms with Crippen LogP contribution in [0.1, 0.15) is 5.56 Å². The molecule has 0 aliphatic carbocycles. The number of nitrogens with one attached hydrogen (secondary N) is 1. The van der Waals surface area contributed by atoms with Gasteiger partial charge in [-0.1, -0.05) is 6.07 Å². The van der Waals surface area contributed by atoms with Crippen molar-refractivity contribution < 1.29 is 4.74 Å². The number of aromatic nitrogens is 1. The van der Waals surface area contributed by atoms with E-state index < -0.39 is 0 Å². The number of ether oxygens (including phenoxy) is 1. The van der Waals surface area contributed by atoms with Crippen LogP contribution >= 0.6 is 12.4 Å². The highest BCUT2D eigenvalue weighted by Crippen LogP contribution is 2.27. The van der Waals surface area contributed by atoms with Crippen LogP contribution in [0.3, 0.4) is 0 Å². The largest absolute Gasteiger partial charge is 0.492 e. The van der Waals surface area contributed by atoms with Crippen LogP contribution in [0, 0.1) is 0 Å². The topological polar surface area (TPSA) is 60.2 Å². The lowest BCUT2D eigenvalue weighted by Crippen LogP contribution is -2.16. The molecule has 3 rings (SSSR count).